The quantitative estimate of drug-likeness (QED) is 0.810. The third kappa shape index (κ3) is 3.70. The molecule has 0 bridgehead atoms. The molecule has 1 aliphatic heterocycles. The minimum Gasteiger partial charge on any atom is -0.371 e. The number of benzene rings is 2. The zero-order valence-corrected chi connectivity index (χ0v) is 18.0. The molecule has 0 spiro atoms. The van der Waals surface area contributed by atoms with Gasteiger partial charge in [-0.25, -0.2) is 8.42 Å². The molecule has 2 aromatic rings. The summed E-state index contributed by atoms with van der Waals surface area (Å²) in [6.45, 7) is 13.9. The van der Waals surface area contributed by atoms with E-state index in [1.807, 2.05) is 46.8 Å². The Bertz CT molecular complexity index is 965. The Kier molecular flexibility index (Phi) is 5.26. The van der Waals surface area contributed by atoms with Gasteiger partial charge in [-0.2, -0.15) is 0 Å². The van der Waals surface area contributed by atoms with Gasteiger partial charge in [-0.3, -0.25) is 4.72 Å². The summed E-state index contributed by atoms with van der Waals surface area (Å²) >= 11 is 0. The monoisotopic (exact) mass is 386 g/mol. The highest BCUT2D eigenvalue weighted by Crippen LogP contribution is 2.37. The van der Waals surface area contributed by atoms with E-state index in [0.29, 0.717) is 10.6 Å². The number of nitrogens with one attached hydrogen (secondary N) is 1. The second kappa shape index (κ2) is 7.19. The van der Waals surface area contributed by atoms with E-state index in [1.54, 1.807) is 0 Å². The molecule has 0 aromatic heterocycles. The van der Waals surface area contributed by atoms with Crippen LogP contribution < -0.4 is 9.62 Å². The molecule has 27 heavy (non-hydrogen) atoms. The summed E-state index contributed by atoms with van der Waals surface area (Å²) in [5.74, 6) is 0. The zero-order chi connectivity index (χ0) is 19.9. The number of nitrogens with zero attached hydrogens (tertiary/aromatic N) is 1. The van der Waals surface area contributed by atoms with Gasteiger partial charge in [-0.05, 0) is 82.2 Å². The van der Waals surface area contributed by atoms with Crippen molar-refractivity contribution in [2.24, 2.45) is 0 Å². The molecular weight excluding hydrogens is 356 g/mol. The Labute approximate surface area is 163 Å². The van der Waals surface area contributed by atoms with Crippen molar-refractivity contribution in [3.05, 3.63) is 51.6 Å². The van der Waals surface area contributed by atoms with Crippen LogP contribution in [0.25, 0.3) is 0 Å². The van der Waals surface area contributed by atoms with Crippen LogP contribution in [0, 0.1) is 41.5 Å². The minimum atomic E-state index is -3.66. The van der Waals surface area contributed by atoms with Crippen LogP contribution in [0.1, 0.15) is 46.2 Å². The first-order valence-electron chi connectivity index (χ1n) is 9.58. The molecule has 0 saturated carbocycles. The van der Waals surface area contributed by atoms with E-state index in [1.165, 1.54) is 24.1 Å². The molecule has 146 valence electrons. The molecule has 0 radical (unpaired) electrons. The van der Waals surface area contributed by atoms with Gasteiger partial charge in [-0.15, -0.1) is 0 Å². The number of sulfonamides is 1. The summed E-state index contributed by atoms with van der Waals surface area (Å²) in [5.41, 5.74) is 7.69. The largest absolute Gasteiger partial charge is 0.371 e. The van der Waals surface area contributed by atoms with E-state index in [-0.39, 0.29) is 0 Å². The van der Waals surface area contributed by atoms with E-state index in [2.05, 4.69) is 22.6 Å². The van der Waals surface area contributed by atoms with Crippen LogP contribution in [0.5, 0.6) is 0 Å². The second-order valence-electron chi connectivity index (χ2n) is 7.89. The minimum absolute atomic E-state index is 0.384. The lowest BCUT2D eigenvalue weighted by atomic mass is 10.0. The Morgan fingerprint density at radius 3 is 1.93 bits per heavy atom. The molecule has 1 heterocycles. The number of hydrogen-bond donors (Lipinski definition) is 1. The first kappa shape index (κ1) is 19.7. The van der Waals surface area contributed by atoms with E-state index < -0.39 is 10.0 Å². The van der Waals surface area contributed by atoms with Crippen molar-refractivity contribution in [2.45, 2.75) is 59.3 Å². The van der Waals surface area contributed by atoms with Gasteiger partial charge in [0.15, 0.2) is 0 Å². The van der Waals surface area contributed by atoms with Crippen LogP contribution in [-0.4, -0.2) is 21.5 Å². The van der Waals surface area contributed by atoms with Gasteiger partial charge >= 0.3 is 0 Å². The highest BCUT2D eigenvalue weighted by atomic mass is 32.2. The van der Waals surface area contributed by atoms with Crippen molar-refractivity contribution in [3.63, 3.8) is 0 Å². The molecule has 0 amide bonds. The van der Waals surface area contributed by atoms with Gasteiger partial charge < -0.3 is 4.90 Å². The number of hydrogen-bond acceptors (Lipinski definition) is 3. The SMILES string of the molecule is Cc1cc(C)c(S(=O)(=O)Nc2c(C)cc(C)c(N3CCCC3)c2C)c(C)c1. The Hall–Kier alpha value is -2.01. The van der Waals surface area contributed by atoms with Crippen LogP contribution in [0.4, 0.5) is 11.4 Å². The maximum Gasteiger partial charge on any atom is 0.262 e. The smallest absolute Gasteiger partial charge is 0.262 e. The van der Waals surface area contributed by atoms with Gasteiger partial charge in [0.2, 0.25) is 0 Å². The lowest BCUT2D eigenvalue weighted by Crippen LogP contribution is -2.22. The lowest BCUT2D eigenvalue weighted by molar-refractivity contribution is 0.600. The second-order valence-corrected chi connectivity index (χ2v) is 9.51. The van der Waals surface area contributed by atoms with Gasteiger partial charge in [0.1, 0.15) is 0 Å². The van der Waals surface area contributed by atoms with E-state index in [9.17, 15) is 8.42 Å². The molecule has 0 atom stereocenters. The van der Waals surface area contributed by atoms with Crippen molar-refractivity contribution in [1.29, 1.82) is 0 Å². The molecule has 0 unspecified atom stereocenters. The third-order valence-corrected chi connectivity index (χ3v) is 7.12. The molecule has 1 saturated heterocycles. The Morgan fingerprint density at radius 1 is 0.815 bits per heavy atom. The van der Waals surface area contributed by atoms with Gasteiger partial charge in [-0.1, -0.05) is 23.8 Å². The lowest BCUT2D eigenvalue weighted by Gasteiger charge is -2.26. The van der Waals surface area contributed by atoms with Crippen LogP contribution >= 0.6 is 0 Å². The number of anilines is 2. The van der Waals surface area contributed by atoms with E-state index in [4.69, 9.17) is 0 Å². The normalized spacial score (nSPS) is 14.7. The fourth-order valence-corrected chi connectivity index (χ4v) is 6.19. The number of aryl methyl sites for hydroxylation is 5. The van der Waals surface area contributed by atoms with Crippen LogP contribution in [0.2, 0.25) is 0 Å². The predicted octanol–water partition coefficient (Wildman–Crippen LogP) is 4.94. The average molecular weight is 387 g/mol. The van der Waals surface area contributed by atoms with Crippen molar-refractivity contribution in [3.8, 4) is 0 Å². The fraction of sp³-hybridized carbons (Fsp3) is 0.455. The fourth-order valence-electron chi connectivity index (χ4n) is 4.54. The average Bonchev–Trinajstić information content (AvgIpc) is 3.04. The molecule has 5 heteroatoms. The molecule has 0 aliphatic carbocycles. The summed E-state index contributed by atoms with van der Waals surface area (Å²) in [6, 6.07) is 5.94. The van der Waals surface area contributed by atoms with Crippen molar-refractivity contribution in [1.82, 2.24) is 0 Å². The van der Waals surface area contributed by atoms with Crippen molar-refractivity contribution in [2.75, 3.05) is 22.7 Å². The number of rotatable bonds is 4. The van der Waals surface area contributed by atoms with Gasteiger partial charge in [0.05, 0.1) is 10.6 Å². The third-order valence-electron chi connectivity index (χ3n) is 5.46. The molecule has 3 rings (SSSR count). The van der Waals surface area contributed by atoms with E-state index in [0.717, 1.165) is 40.9 Å². The summed E-state index contributed by atoms with van der Waals surface area (Å²) in [7, 11) is -3.66. The van der Waals surface area contributed by atoms with Crippen molar-refractivity contribution < 1.29 is 8.42 Å². The highest BCUT2D eigenvalue weighted by Gasteiger charge is 2.25. The summed E-state index contributed by atoms with van der Waals surface area (Å²) in [4.78, 5) is 2.76. The van der Waals surface area contributed by atoms with Gasteiger partial charge in [0, 0.05) is 18.8 Å². The van der Waals surface area contributed by atoms with Crippen molar-refractivity contribution >= 4 is 21.4 Å². The molecule has 1 N–H and O–H groups in total. The Morgan fingerprint density at radius 2 is 1.37 bits per heavy atom. The molecular formula is C22H30N2O2S. The Balaban J connectivity index is 2.09. The van der Waals surface area contributed by atoms with Gasteiger partial charge in [0.25, 0.3) is 10.0 Å². The summed E-state index contributed by atoms with van der Waals surface area (Å²) < 4.78 is 29.4. The van der Waals surface area contributed by atoms with Crippen LogP contribution in [0.3, 0.4) is 0 Å². The topological polar surface area (TPSA) is 49.4 Å². The predicted molar refractivity (Wildman–Crippen MR) is 114 cm³/mol. The van der Waals surface area contributed by atoms with E-state index >= 15 is 0 Å². The maximum absolute atomic E-state index is 13.3. The van der Waals surface area contributed by atoms with Crippen LogP contribution in [0.15, 0.2) is 23.1 Å². The standard InChI is InChI=1S/C22H30N2O2S/c1-14-11-17(4)22(18(5)12-14)27(25,26)23-20-15(2)13-16(3)21(19(20)6)24-9-7-8-10-24/h11-13,23H,7-10H2,1-6H3. The molecule has 1 aliphatic rings. The highest BCUT2D eigenvalue weighted by molar-refractivity contribution is 7.92. The first-order valence-corrected chi connectivity index (χ1v) is 11.1. The van der Waals surface area contributed by atoms with Crippen LogP contribution in [-0.2, 0) is 10.0 Å². The summed E-state index contributed by atoms with van der Waals surface area (Å²) in [6.07, 6.45) is 2.38. The zero-order valence-electron chi connectivity index (χ0n) is 17.2. The molecule has 2 aromatic carbocycles. The first-order chi connectivity index (χ1) is 12.6. The molecule has 1 fully saturated rings. The molecule has 4 nitrogen and oxygen atoms in total. The maximum atomic E-state index is 13.3. The summed E-state index contributed by atoms with van der Waals surface area (Å²) in [5, 5.41) is 0.